The summed E-state index contributed by atoms with van der Waals surface area (Å²) in [6, 6.07) is 45.6. The van der Waals surface area contributed by atoms with Crippen LogP contribution in [0, 0.1) is 5.92 Å². The van der Waals surface area contributed by atoms with Gasteiger partial charge in [-0.1, -0.05) is 186 Å². The second kappa shape index (κ2) is 28.2. The zero-order chi connectivity index (χ0) is 52.3. The van der Waals surface area contributed by atoms with Crippen LogP contribution in [0.15, 0.2) is 152 Å². The van der Waals surface area contributed by atoms with E-state index in [0.29, 0.717) is 0 Å². The number of esters is 2. The minimum atomic E-state index is -2.60. The number of hydrogen-bond donors (Lipinski definition) is 2. The van der Waals surface area contributed by atoms with Crippen LogP contribution < -0.4 is 11.1 Å². The Balaban J connectivity index is 1.34. The van der Waals surface area contributed by atoms with E-state index in [0.717, 1.165) is 27.8 Å². The number of methoxy groups -OCH3 is 1. The van der Waals surface area contributed by atoms with Gasteiger partial charge < -0.3 is 57.4 Å². The molecule has 0 radical (unpaired) electrons. The number of ether oxygens (including phenoxy) is 11. The van der Waals surface area contributed by atoms with Crippen LogP contribution >= 0.6 is 34.8 Å². The Hall–Kier alpha value is -5.02. The van der Waals surface area contributed by atoms with Gasteiger partial charge in [0.2, 0.25) is 15.6 Å². The van der Waals surface area contributed by atoms with Crippen molar-refractivity contribution < 1.29 is 66.5 Å². The monoisotopic (exact) mass is 1080 g/mol. The van der Waals surface area contributed by atoms with E-state index in [-0.39, 0.29) is 46.2 Å². The predicted molar refractivity (Wildman–Crippen MR) is 273 cm³/mol. The number of nitrogens with one attached hydrogen (secondary N) is 1. The van der Waals surface area contributed by atoms with Crippen molar-refractivity contribution >= 4 is 52.6 Å². The Morgan fingerprint density at radius 1 is 0.595 bits per heavy atom. The Morgan fingerprint density at radius 2 is 1.04 bits per heavy atom. The Bertz CT molecular complexity index is 2470. The molecular formula is C55H61Cl3N2O14. The van der Waals surface area contributed by atoms with Gasteiger partial charge in [-0.15, -0.1) is 0 Å². The fourth-order valence-corrected chi connectivity index (χ4v) is 8.70. The van der Waals surface area contributed by atoms with E-state index < -0.39 is 95.6 Å². The maximum Gasteiger partial charge on any atom is 0.331 e. The smallest absolute Gasteiger partial charge is 0.331 e. The Kier molecular flexibility index (Phi) is 21.6. The molecular weight excluding hydrogens is 1020 g/mol. The summed E-state index contributed by atoms with van der Waals surface area (Å²) < 4.78 is 68.4. The van der Waals surface area contributed by atoms with Gasteiger partial charge >= 0.3 is 11.9 Å². The molecule has 5 aromatic rings. The molecule has 3 N–H and O–H groups in total. The molecule has 0 spiro atoms. The van der Waals surface area contributed by atoms with E-state index >= 15 is 4.79 Å². The quantitative estimate of drug-likeness (QED) is 0.0331. The second-order valence-corrected chi connectivity index (χ2v) is 20.1. The predicted octanol–water partition coefficient (Wildman–Crippen LogP) is 7.52. The van der Waals surface area contributed by atoms with Crippen molar-refractivity contribution in [3.05, 3.63) is 179 Å². The van der Waals surface area contributed by atoms with Crippen LogP contribution in [0.4, 0.5) is 0 Å². The first-order valence-electron chi connectivity index (χ1n) is 24.0. The fraction of sp³-hybridized carbons (Fsp3) is 0.400. The summed E-state index contributed by atoms with van der Waals surface area (Å²) in [5.41, 5.74) is 11.6. The molecule has 2 heterocycles. The molecule has 0 aliphatic carbocycles. The highest BCUT2D eigenvalue weighted by atomic mass is 35.6. The summed E-state index contributed by atoms with van der Waals surface area (Å²) in [7, 11) is 1.20. The van der Waals surface area contributed by atoms with Gasteiger partial charge in [-0.2, -0.15) is 0 Å². The molecule has 0 saturated carbocycles. The van der Waals surface area contributed by atoms with Gasteiger partial charge in [0.15, 0.2) is 12.2 Å². The van der Waals surface area contributed by atoms with Gasteiger partial charge in [0.05, 0.1) is 53.4 Å². The number of benzene rings is 5. The Labute approximate surface area is 445 Å². The van der Waals surface area contributed by atoms with Gasteiger partial charge in [0.1, 0.15) is 55.9 Å². The highest BCUT2D eigenvalue weighted by Crippen LogP contribution is 2.42. The fourth-order valence-electron chi connectivity index (χ4n) is 8.54. The van der Waals surface area contributed by atoms with Crippen LogP contribution in [-0.2, 0) is 99.5 Å². The number of amides is 1. The molecule has 0 bridgehead atoms. The van der Waals surface area contributed by atoms with Gasteiger partial charge in [-0.3, -0.25) is 15.3 Å². The number of hydrogen-bond acceptors (Lipinski definition) is 15. The van der Waals surface area contributed by atoms with Crippen molar-refractivity contribution in [2.75, 3.05) is 33.5 Å². The van der Waals surface area contributed by atoms with Crippen molar-refractivity contribution in [2.24, 2.45) is 11.7 Å². The standard InChI is InChI=1S/C55H61Cl3N2O14/c1-37(61)60-47-51(69-35-45(62)64-2)49(43(33-65-28-38-18-8-3-9-19-38)72-53(47)70-32-42-26-16-7-17-27-42)74-55(59)46(52(63)71-36-54(56,57)58)50(68-31-41-24-14-6-15-25-41)48(67-30-40-22-12-5-13-23-40)44(73-55)34-66-29-39-20-10-4-11-21-39/h3-27,43-44,46-51,53H,28-36,59H2,1-2H3,(H,60,61)/t43-,44-,46+,47-,48-,49-,50-,51-,53+,55-/m1/s1. The zero-order valence-corrected chi connectivity index (χ0v) is 43.2. The molecule has 16 nitrogen and oxygen atoms in total. The maximum atomic E-state index is 15.0. The molecule has 74 heavy (non-hydrogen) atoms. The van der Waals surface area contributed by atoms with E-state index in [1.54, 1.807) is 0 Å². The highest BCUT2D eigenvalue weighted by Gasteiger charge is 2.62. The maximum absolute atomic E-state index is 15.0. The molecule has 2 saturated heterocycles. The van der Waals surface area contributed by atoms with Gasteiger partial charge in [0.25, 0.3) is 0 Å². The third kappa shape index (κ3) is 17.0. The van der Waals surface area contributed by atoms with Gasteiger partial charge in [0, 0.05) is 6.92 Å². The van der Waals surface area contributed by atoms with Crippen molar-refractivity contribution in [1.29, 1.82) is 0 Å². The van der Waals surface area contributed by atoms with E-state index in [1.165, 1.54) is 14.0 Å². The summed E-state index contributed by atoms with van der Waals surface area (Å²) in [6.45, 7) is -0.158. The van der Waals surface area contributed by atoms with Crippen molar-refractivity contribution in [3.8, 4) is 0 Å². The lowest BCUT2D eigenvalue weighted by atomic mass is 9.86. The summed E-state index contributed by atoms with van der Waals surface area (Å²) in [6.07, 6.45) is -8.92. The van der Waals surface area contributed by atoms with Crippen LogP contribution in [-0.4, -0.2) is 110 Å². The molecule has 19 heteroatoms. The van der Waals surface area contributed by atoms with Crippen LogP contribution in [0.2, 0.25) is 0 Å². The van der Waals surface area contributed by atoms with Crippen molar-refractivity contribution in [1.82, 2.24) is 5.32 Å². The molecule has 2 fully saturated rings. The first kappa shape index (κ1) is 56.7. The largest absolute Gasteiger partial charge is 0.467 e. The molecule has 2 aliphatic rings. The zero-order valence-electron chi connectivity index (χ0n) is 40.9. The highest BCUT2D eigenvalue weighted by molar-refractivity contribution is 6.67. The third-order valence-electron chi connectivity index (χ3n) is 12.0. The molecule has 1 amide bonds. The number of alkyl halides is 3. The average Bonchev–Trinajstić information content (AvgIpc) is 3.40. The van der Waals surface area contributed by atoms with E-state index in [1.807, 2.05) is 152 Å². The molecule has 0 unspecified atom stereocenters. The van der Waals surface area contributed by atoms with Gasteiger partial charge in [-0.05, 0) is 27.8 Å². The molecule has 5 aromatic carbocycles. The topological polar surface area (TPSA) is 191 Å². The third-order valence-corrected chi connectivity index (χ3v) is 12.3. The molecule has 10 atom stereocenters. The number of carbonyl (C=O) groups is 3. The lowest BCUT2D eigenvalue weighted by molar-refractivity contribution is -0.394. The molecule has 7 rings (SSSR count). The van der Waals surface area contributed by atoms with Crippen LogP contribution in [0.1, 0.15) is 34.7 Å². The molecule has 396 valence electrons. The van der Waals surface area contributed by atoms with Gasteiger partial charge in [-0.25, -0.2) is 4.79 Å². The van der Waals surface area contributed by atoms with Crippen molar-refractivity contribution in [2.45, 2.75) is 98.6 Å². The van der Waals surface area contributed by atoms with Crippen LogP contribution in [0.5, 0.6) is 0 Å². The molecule has 0 aromatic heterocycles. The number of carbonyl (C=O) groups excluding carboxylic acids is 3. The minimum absolute atomic E-state index is 0.0327. The lowest BCUT2D eigenvalue weighted by Crippen LogP contribution is -2.74. The Morgan fingerprint density at radius 3 is 1.50 bits per heavy atom. The first-order chi connectivity index (χ1) is 35.8. The summed E-state index contributed by atoms with van der Waals surface area (Å²) >= 11 is 18.6. The molecule has 2 aliphatic heterocycles. The number of rotatable bonds is 25. The number of nitrogens with two attached hydrogens (primary N) is 1. The first-order valence-corrected chi connectivity index (χ1v) is 25.1. The minimum Gasteiger partial charge on any atom is -0.467 e. The average molecular weight is 1080 g/mol. The normalized spacial score (nSPS) is 24.9. The van der Waals surface area contributed by atoms with E-state index in [9.17, 15) is 9.59 Å². The van der Waals surface area contributed by atoms with Crippen LogP contribution in [0.25, 0.3) is 0 Å². The second-order valence-electron chi connectivity index (χ2n) is 17.6. The summed E-state index contributed by atoms with van der Waals surface area (Å²) in [5.74, 6) is -6.69. The van der Waals surface area contributed by atoms with Crippen molar-refractivity contribution in [3.63, 3.8) is 0 Å². The summed E-state index contributed by atoms with van der Waals surface area (Å²) in [4.78, 5) is 41.2. The number of halogens is 3. The summed E-state index contributed by atoms with van der Waals surface area (Å²) in [5, 5.41) is 2.88. The van der Waals surface area contributed by atoms with Crippen LogP contribution in [0.3, 0.4) is 0 Å². The van der Waals surface area contributed by atoms with E-state index in [2.05, 4.69) is 5.32 Å². The lowest BCUT2D eigenvalue weighted by Gasteiger charge is -2.53. The SMILES string of the molecule is COC(=O)CO[C@@H]1[C@@H](NC(C)=O)[C@@H](OCc2ccccc2)O[C@H](COCc2ccccc2)[C@H]1O[C@]1(N)O[C@H](COCc2ccccc2)[C@@H](OCc2ccccc2)[C@H](OCc2ccccc2)[C@H]1C(=O)OCC(Cl)(Cl)Cl. The van der Waals surface area contributed by atoms with E-state index in [4.69, 9.17) is 92.6 Å².